The van der Waals surface area contributed by atoms with Crippen molar-refractivity contribution in [2.75, 3.05) is 6.54 Å². The van der Waals surface area contributed by atoms with Gasteiger partial charge in [-0.15, -0.1) is 10.2 Å². The Bertz CT molecular complexity index is 1260. The number of H-pyrrole nitrogens is 1. The van der Waals surface area contributed by atoms with Crippen LogP contribution in [0.1, 0.15) is 71.3 Å². The van der Waals surface area contributed by atoms with Crippen LogP contribution in [0.15, 0.2) is 47.3 Å². The van der Waals surface area contributed by atoms with E-state index in [0.717, 1.165) is 40.7 Å². The van der Waals surface area contributed by atoms with Crippen molar-refractivity contribution in [3.63, 3.8) is 0 Å². The third kappa shape index (κ3) is 2.71. The molecule has 1 aliphatic heterocycles. The van der Waals surface area contributed by atoms with E-state index in [-0.39, 0.29) is 17.7 Å². The van der Waals surface area contributed by atoms with Crippen LogP contribution in [0.3, 0.4) is 0 Å². The van der Waals surface area contributed by atoms with Gasteiger partial charge in [0.2, 0.25) is 5.89 Å². The van der Waals surface area contributed by atoms with Crippen molar-refractivity contribution in [3.05, 3.63) is 71.7 Å². The van der Waals surface area contributed by atoms with Gasteiger partial charge in [-0.25, -0.2) is 4.98 Å². The van der Waals surface area contributed by atoms with E-state index in [1.807, 2.05) is 36.5 Å². The molecule has 0 unspecified atom stereocenters. The summed E-state index contributed by atoms with van der Waals surface area (Å²) in [6, 6.07) is 9.66. The molecule has 0 saturated heterocycles. The zero-order valence-corrected chi connectivity index (χ0v) is 16.4. The molecule has 0 radical (unpaired) electrons. The molecule has 0 bridgehead atoms. The van der Waals surface area contributed by atoms with Gasteiger partial charge in [0.25, 0.3) is 0 Å². The molecule has 150 valence electrons. The lowest BCUT2D eigenvalue weighted by Crippen LogP contribution is -2.42. The summed E-state index contributed by atoms with van der Waals surface area (Å²) in [6.45, 7) is 2.58. The first-order valence-corrected chi connectivity index (χ1v) is 10.2. The monoisotopic (exact) mass is 400 g/mol. The Morgan fingerprint density at radius 3 is 2.83 bits per heavy atom. The maximum atomic E-state index is 13.4. The molecule has 0 spiro atoms. The second-order valence-electron chi connectivity index (χ2n) is 8.14. The van der Waals surface area contributed by atoms with Gasteiger partial charge in [-0.3, -0.25) is 9.78 Å². The van der Waals surface area contributed by atoms with Gasteiger partial charge in [-0.1, -0.05) is 31.2 Å². The Balaban J connectivity index is 1.45. The van der Waals surface area contributed by atoms with Crippen molar-refractivity contribution in [3.8, 4) is 0 Å². The highest BCUT2D eigenvalue weighted by Gasteiger charge is 2.40. The summed E-state index contributed by atoms with van der Waals surface area (Å²) in [5.74, 6) is 0.720. The largest absolute Gasteiger partial charge is 0.417 e. The summed E-state index contributed by atoms with van der Waals surface area (Å²) >= 11 is 0. The number of nitrogens with zero attached hydrogens (tertiary/aromatic N) is 5. The molecule has 6 rings (SSSR count). The molecular formula is C22H20N6O2. The number of imidazole rings is 1. The first-order chi connectivity index (χ1) is 14.7. The summed E-state index contributed by atoms with van der Waals surface area (Å²) in [4.78, 5) is 27.7. The van der Waals surface area contributed by atoms with Crippen LogP contribution >= 0.6 is 0 Å². The van der Waals surface area contributed by atoms with E-state index in [1.54, 1.807) is 11.2 Å². The summed E-state index contributed by atoms with van der Waals surface area (Å²) in [7, 11) is 0. The Morgan fingerprint density at radius 1 is 1.17 bits per heavy atom. The minimum atomic E-state index is -0.421. The minimum absolute atomic E-state index is 0.0360. The average Bonchev–Trinajstić information content (AvgIpc) is 3.29. The topological polar surface area (TPSA) is 101 Å². The molecule has 8 nitrogen and oxygen atoms in total. The standard InChI is InChI=1S/C22H20N6O2/c1-12-10-28(22(29)21-27-26-20(30-21)13-6-7-13)19(18-17(12)24-11-25-18)16-8-14-4-2-3-5-15(14)9-23-16/h2-5,8-9,11-13,19H,6-7,10H2,1H3,(H,24,25)/t12-,19+/m1/s1. The second-order valence-corrected chi connectivity index (χ2v) is 8.14. The number of hydrogen-bond acceptors (Lipinski definition) is 6. The van der Waals surface area contributed by atoms with Crippen LogP contribution in [-0.4, -0.2) is 42.5 Å². The molecule has 1 aliphatic carbocycles. The van der Waals surface area contributed by atoms with Crippen molar-refractivity contribution in [2.24, 2.45) is 0 Å². The first-order valence-electron chi connectivity index (χ1n) is 10.2. The maximum absolute atomic E-state index is 13.4. The molecule has 1 fully saturated rings. The van der Waals surface area contributed by atoms with E-state index in [2.05, 4.69) is 32.1 Å². The zero-order valence-electron chi connectivity index (χ0n) is 16.4. The third-order valence-corrected chi connectivity index (χ3v) is 5.98. The number of hydrogen-bond donors (Lipinski definition) is 1. The molecule has 4 aromatic rings. The molecule has 1 saturated carbocycles. The Kier molecular flexibility index (Phi) is 3.74. The molecule has 30 heavy (non-hydrogen) atoms. The van der Waals surface area contributed by atoms with Crippen molar-refractivity contribution >= 4 is 16.7 Å². The summed E-state index contributed by atoms with van der Waals surface area (Å²) in [6.07, 6.45) is 5.60. The average molecular weight is 400 g/mol. The number of fused-ring (bicyclic) bond motifs is 2. The van der Waals surface area contributed by atoms with Crippen LogP contribution in [0.5, 0.6) is 0 Å². The van der Waals surface area contributed by atoms with E-state index in [9.17, 15) is 4.79 Å². The van der Waals surface area contributed by atoms with Crippen molar-refractivity contribution in [2.45, 2.75) is 37.6 Å². The second kappa shape index (κ2) is 6.48. The predicted octanol–water partition coefficient (Wildman–Crippen LogP) is 3.57. The quantitative estimate of drug-likeness (QED) is 0.564. The predicted molar refractivity (Wildman–Crippen MR) is 108 cm³/mol. The van der Waals surface area contributed by atoms with Gasteiger partial charge < -0.3 is 14.3 Å². The molecule has 8 heteroatoms. The molecule has 1 aromatic carbocycles. The van der Waals surface area contributed by atoms with E-state index >= 15 is 0 Å². The van der Waals surface area contributed by atoms with Crippen LogP contribution in [-0.2, 0) is 0 Å². The van der Waals surface area contributed by atoms with Crippen molar-refractivity contribution in [1.29, 1.82) is 0 Å². The van der Waals surface area contributed by atoms with Crippen molar-refractivity contribution in [1.82, 2.24) is 30.0 Å². The Labute approximate surface area is 172 Å². The number of pyridine rings is 1. The molecule has 4 heterocycles. The lowest BCUT2D eigenvalue weighted by Gasteiger charge is -2.36. The summed E-state index contributed by atoms with van der Waals surface area (Å²) < 4.78 is 5.72. The van der Waals surface area contributed by atoms with E-state index in [4.69, 9.17) is 4.42 Å². The molecular weight excluding hydrogens is 380 g/mol. The van der Waals surface area contributed by atoms with E-state index in [0.29, 0.717) is 18.4 Å². The van der Waals surface area contributed by atoms with Gasteiger partial charge >= 0.3 is 11.8 Å². The molecule has 1 N–H and O–H groups in total. The number of carbonyl (C=O) groups is 1. The van der Waals surface area contributed by atoms with E-state index < -0.39 is 6.04 Å². The zero-order chi connectivity index (χ0) is 20.2. The maximum Gasteiger partial charge on any atom is 0.312 e. The smallest absolute Gasteiger partial charge is 0.312 e. The minimum Gasteiger partial charge on any atom is -0.417 e. The number of rotatable bonds is 3. The van der Waals surface area contributed by atoms with Gasteiger partial charge in [0.05, 0.1) is 17.7 Å². The highest BCUT2D eigenvalue weighted by atomic mass is 16.4. The molecule has 3 aromatic heterocycles. The highest BCUT2D eigenvalue weighted by Crippen LogP contribution is 2.41. The normalized spacial score (nSPS) is 21.0. The number of nitrogens with one attached hydrogen (secondary N) is 1. The van der Waals surface area contributed by atoms with Crippen LogP contribution in [0, 0.1) is 0 Å². The van der Waals surface area contributed by atoms with Crippen LogP contribution < -0.4 is 0 Å². The third-order valence-electron chi connectivity index (χ3n) is 5.98. The van der Waals surface area contributed by atoms with Gasteiger partial charge in [0, 0.05) is 35.7 Å². The van der Waals surface area contributed by atoms with Gasteiger partial charge in [-0.2, -0.15) is 0 Å². The lowest BCUT2D eigenvalue weighted by atomic mass is 9.92. The lowest BCUT2D eigenvalue weighted by molar-refractivity contribution is 0.0627. The Hall–Kier alpha value is -3.55. The number of carbonyl (C=O) groups excluding carboxylic acids is 1. The Morgan fingerprint density at radius 2 is 2.00 bits per heavy atom. The van der Waals surface area contributed by atoms with E-state index in [1.165, 1.54) is 0 Å². The number of amides is 1. The molecule has 2 atom stereocenters. The number of aromatic amines is 1. The van der Waals surface area contributed by atoms with Crippen LogP contribution in [0.25, 0.3) is 10.8 Å². The van der Waals surface area contributed by atoms with Gasteiger partial charge in [0.1, 0.15) is 6.04 Å². The highest BCUT2D eigenvalue weighted by molar-refractivity contribution is 5.90. The fourth-order valence-corrected chi connectivity index (χ4v) is 4.26. The first kappa shape index (κ1) is 17.3. The van der Waals surface area contributed by atoms with Gasteiger partial charge in [0.15, 0.2) is 0 Å². The molecule has 1 amide bonds. The number of benzene rings is 1. The fraction of sp³-hybridized carbons (Fsp3) is 0.318. The fourth-order valence-electron chi connectivity index (χ4n) is 4.26. The number of aromatic nitrogens is 5. The SMILES string of the molecule is C[C@@H]1CN(C(=O)c2nnc(C3CC3)o2)[C@@H](c2cc3ccccc3cn2)c2nc[nH]c21. The summed E-state index contributed by atoms with van der Waals surface area (Å²) in [5, 5.41) is 10.2. The van der Waals surface area contributed by atoms with Crippen molar-refractivity contribution < 1.29 is 9.21 Å². The van der Waals surface area contributed by atoms with Crippen LogP contribution in [0.2, 0.25) is 0 Å². The summed E-state index contributed by atoms with van der Waals surface area (Å²) in [5.41, 5.74) is 2.61. The van der Waals surface area contributed by atoms with Crippen LogP contribution in [0.4, 0.5) is 0 Å². The van der Waals surface area contributed by atoms with Gasteiger partial charge in [-0.05, 0) is 24.3 Å². The molecule has 2 aliphatic rings.